The number of nitrogens with two attached hydrogens (primary N) is 1. The summed E-state index contributed by atoms with van der Waals surface area (Å²) in [6, 6.07) is 5.41. The van der Waals surface area contributed by atoms with Crippen molar-refractivity contribution in [2.45, 2.75) is 24.9 Å². The lowest BCUT2D eigenvalue weighted by molar-refractivity contribution is -0.129. The van der Waals surface area contributed by atoms with Gasteiger partial charge in [0.2, 0.25) is 5.91 Å². The molecule has 0 spiro atoms. The number of nitrogens with one attached hydrogen (secondary N) is 1. The van der Waals surface area contributed by atoms with Gasteiger partial charge in [-0.05, 0) is 30.5 Å². The van der Waals surface area contributed by atoms with E-state index in [9.17, 15) is 4.79 Å². The zero-order chi connectivity index (χ0) is 14.6. The van der Waals surface area contributed by atoms with Crippen molar-refractivity contribution < 1.29 is 14.3 Å². The molecule has 0 unspecified atom stereocenters. The van der Waals surface area contributed by atoms with Gasteiger partial charge in [0.05, 0.1) is 17.7 Å². The Morgan fingerprint density at radius 3 is 2.80 bits per heavy atom. The van der Waals surface area contributed by atoms with Crippen LogP contribution in [0.5, 0.6) is 5.75 Å². The van der Waals surface area contributed by atoms with Crippen LogP contribution in [0, 0.1) is 0 Å². The van der Waals surface area contributed by atoms with E-state index in [-0.39, 0.29) is 5.91 Å². The Balaban J connectivity index is 1.94. The largest absolute Gasteiger partial charge is 0.495 e. The lowest BCUT2D eigenvalue weighted by atomic mass is 9.90. The SMILES string of the molecule is COc1ccc(CNC(=O)C2(N)CCOCC2)cc1Cl. The number of carbonyl (C=O) groups excluding carboxylic acids is 1. The number of carbonyl (C=O) groups is 1. The topological polar surface area (TPSA) is 73.6 Å². The minimum Gasteiger partial charge on any atom is -0.495 e. The second-order valence-corrected chi connectivity index (χ2v) is 5.33. The number of methoxy groups -OCH3 is 1. The van der Waals surface area contributed by atoms with E-state index in [0.29, 0.717) is 43.4 Å². The van der Waals surface area contributed by atoms with Crippen LogP contribution in [0.15, 0.2) is 18.2 Å². The van der Waals surface area contributed by atoms with Gasteiger partial charge in [-0.2, -0.15) is 0 Å². The summed E-state index contributed by atoms with van der Waals surface area (Å²) in [5.74, 6) is 0.467. The van der Waals surface area contributed by atoms with Crippen molar-refractivity contribution in [1.82, 2.24) is 5.32 Å². The molecule has 6 heteroatoms. The second kappa shape index (κ2) is 6.43. The Kier molecular flexibility index (Phi) is 4.86. The molecule has 1 heterocycles. The molecule has 2 rings (SSSR count). The van der Waals surface area contributed by atoms with Crippen molar-refractivity contribution in [2.24, 2.45) is 5.73 Å². The zero-order valence-electron chi connectivity index (χ0n) is 11.4. The van der Waals surface area contributed by atoms with Crippen molar-refractivity contribution in [1.29, 1.82) is 0 Å². The summed E-state index contributed by atoms with van der Waals surface area (Å²) in [7, 11) is 1.56. The first-order valence-electron chi connectivity index (χ1n) is 6.52. The monoisotopic (exact) mass is 298 g/mol. The average Bonchev–Trinajstić information content (AvgIpc) is 2.45. The fraction of sp³-hybridized carbons (Fsp3) is 0.500. The Labute approximate surface area is 123 Å². The van der Waals surface area contributed by atoms with E-state index < -0.39 is 5.54 Å². The van der Waals surface area contributed by atoms with Crippen molar-refractivity contribution >= 4 is 17.5 Å². The summed E-state index contributed by atoms with van der Waals surface area (Å²) in [6.07, 6.45) is 1.09. The van der Waals surface area contributed by atoms with E-state index in [4.69, 9.17) is 26.8 Å². The van der Waals surface area contributed by atoms with Gasteiger partial charge < -0.3 is 20.5 Å². The second-order valence-electron chi connectivity index (χ2n) is 4.92. The lowest BCUT2D eigenvalue weighted by Gasteiger charge is -2.31. The molecule has 1 amide bonds. The smallest absolute Gasteiger partial charge is 0.240 e. The molecule has 0 aliphatic carbocycles. The van der Waals surface area contributed by atoms with Gasteiger partial charge in [0.15, 0.2) is 0 Å². The van der Waals surface area contributed by atoms with Crippen LogP contribution in [0.3, 0.4) is 0 Å². The lowest BCUT2D eigenvalue weighted by Crippen LogP contribution is -2.56. The molecule has 1 fully saturated rings. The van der Waals surface area contributed by atoms with Crippen LogP contribution in [0.2, 0.25) is 5.02 Å². The number of hydrogen-bond donors (Lipinski definition) is 2. The third-order valence-corrected chi connectivity index (χ3v) is 3.80. The van der Waals surface area contributed by atoms with Crippen molar-refractivity contribution in [3.63, 3.8) is 0 Å². The van der Waals surface area contributed by atoms with E-state index in [2.05, 4.69) is 5.32 Å². The predicted octanol–water partition coefficient (Wildman–Crippen LogP) is 1.47. The van der Waals surface area contributed by atoms with Crippen LogP contribution >= 0.6 is 11.6 Å². The maximum absolute atomic E-state index is 12.2. The average molecular weight is 299 g/mol. The number of hydrogen-bond acceptors (Lipinski definition) is 4. The van der Waals surface area contributed by atoms with Crippen LogP contribution in [0.25, 0.3) is 0 Å². The molecule has 1 aliphatic rings. The van der Waals surface area contributed by atoms with Crippen molar-refractivity contribution in [3.05, 3.63) is 28.8 Å². The van der Waals surface area contributed by atoms with Crippen LogP contribution in [-0.2, 0) is 16.1 Å². The molecule has 5 nitrogen and oxygen atoms in total. The highest BCUT2D eigenvalue weighted by atomic mass is 35.5. The normalized spacial score (nSPS) is 17.6. The summed E-state index contributed by atoms with van der Waals surface area (Å²) in [5.41, 5.74) is 6.18. The van der Waals surface area contributed by atoms with Crippen LogP contribution < -0.4 is 15.8 Å². The Morgan fingerprint density at radius 2 is 2.20 bits per heavy atom. The van der Waals surface area contributed by atoms with Gasteiger partial charge in [-0.25, -0.2) is 0 Å². The Bertz CT molecular complexity index is 487. The van der Waals surface area contributed by atoms with Crippen molar-refractivity contribution in [3.8, 4) is 5.75 Å². The number of rotatable bonds is 4. The van der Waals surface area contributed by atoms with Crippen LogP contribution in [-0.4, -0.2) is 31.8 Å². The van der Waals surface area contributed by atoms with E-state index in [0.717, 1.165) is 5.56 Å². The molecule has 0 aromatic heterocycles. The Hall–Kier alpha value is -1.30. The summed E-state index contributed by atoms with van der Waals surface area (Å²) < 4.78 is 10.3. The molecular formula is C14H19ClN2O3. The Morgan fingerprint density at radius 1 is 1.50 bits per heavy atom. The van der Waals surface area contributed by atoms with Gasteiger partial charge >= 0.3 is 0 Å². The molecular weight excluding hydrogens is 280 g/mol. The minimum absolute atomic E-state index is 0.146. The highest BCUT2D eigenvalue weighted by Crippen LogP contribution is 2.25. The molecule has 1 saturated heterocycles. The number of benzene rings is 1. The summed E-state index contributed by atoms with van der Waals surface area (Å²) in [6.45, 7) is 1.44. The summed E-state index contributed by atoms with van der Waals surface area (Å²) in [4.78, 5) is 12.2. The van der Waals surface area contributed by atoms with Crippen LogP contribution in [0.4, 0.5) is 0 Å². The first kappa shape index (κ1) is 15.1. The molecule has 0 atom stereocenters. The molecule has 1 aliphatic heterocycles. The van der Waals surface area contributed by atoms with Gasteiger partial charge in [0, 0.05) is 19.8 Å². The highest BCUT2D eigenvalue weighted by molar-refractivity contribution is 6.32. The van der Waals surface area contributed by atoms with E-state index in [1.165, 1.54) is 0 Å². The van der Waals surface area contributed by atoms with Gasteiger partial charge in [-0.3, -0.25) is 4.79 Å². The molecule has 3 N–H and O–H groups in total. The quantitative estimate of drug-likeness (QED) is 0.883. The zero-order valence-corrected chi connectivity index (χ0v) is 12.2. The molecule has 0 bridgehead atoms. The molecule has 0 saturated carbocycles. The van der Waals surface area contributed by atoms with E-state index in [1.807, 2.05) is 6.07 Å². The third kappa shape index (κ3) is 3.42. The standard InChI is InChI=1S/C14H19ClN2O3/c1-19-12-3-2-10(8-11(12)15)9-17-13(18)14(16)4-6-20-7-5-14/h2-3,8H,4-7,9,16H2,1H3,(H,17,18). The number of ether oxygens (including phenoxy) is 2. The molecule has 1 aromatic carbocycles. The predicted molar refractivity (Wildman–Crippen MR) is 76.8 cm³/mol. The van der Waals surface area contributed by atoms with Gasteiger partial charge in [0.1, 0.15) is 5.75 Å². The summed E-state index contributed by atoms with van der Waals surface area (Å²) >= 11 is 6.04. The molecule has 20 heavy (non-hydrogen) atoms. The number of halogens is 1. The molecule has 110 valence electrons. The van der Waals surface area contributed by atoms with Crippen molar-refractivity contribution in [2.75, 3.05) is 20.3 Å². The first-order valence-corrected chi connectivity index (χ1v) is 6.90. The summed E-state index contributed by atoms with van der Waals surface area (Å²) in [5, 5.41) is 3.38. The van der Waals surface area contributed by atoms with Gasteiger partial charge in [0.25, 0.3) is 0 Å². The number of amides is 1. The van der Waals surface area contributed by atoms with Crippen LogP contribution in [0.1, 0.15) is 18.4 Å². The molecule has 1 aromatic rings. The fourth-order valence-corrected chi connectivity index (χ4v) is 2.42. The van der Waals surface area contributed by atoms with Gasteiger partial charge in [-0.1, -0.05) is 17.7 Å². The fourth-order valence-electron chi connectivity index (χ4n) is 2.14. The van der Waals surface area contributed by atoms with E-state index in [1.54, 1.807) is 19.2 Å². The first-order chi connectivity index (χ1) is 9.55. The maximum Gasteiger partial charge on any atom is 0.240 e. The minimum atomic E-state index is -0.825. The van der Waals surface area contributed by atoms with Gasteiger partial charge in [-0.15, -0.1) is 0 Å². The molecule has 0 radical (unpaired) electrons. The highest BCUT2D eigenvalue weighted by Gasteiger charge is 2.35. The third-order valence-electron chi connectivity index (χ3n) is 3.51. The maximum atomic E-state index is 12.2. The van der Waals surface area contributed by atoms with E-state index >= 15 is 0 Å².